The summed E-state index contributed by atoms with van der Waals surface area (Å²) in [6.45, 7) is 1.37. The maximum atomic E-state index is 12.6. The van der Waals surface area contributed by atoms with Gasteiger partial charge in [0.15, 0.2) is 0 Å². The maximum absolute atomic E-state index is 12.6. The average molecular weight is 409 g/mol. The summed E-state index contributed by atoms with van der Waals surface area (Å²) in [4.78, 5) is 35.9. The third-order valence-corrected chi connectivity index (χ3v) is 4.41. The molecular formula is C19H18Cl2N2O4. The van der Waals surface area contributed by atoms with Gasteiger partial charge >= 0.3 is 5.97 Å². The molecule has 2 aromatic carbocycles. The molecule has 2 amide bonds. The van der Waals surface area contributed by atoms with E-state index in [0.29, 0.717) is 21.3 Å². The Morgan fingerprint density at radius 1 is 1.07 bits per heavy atom. The molecule has 1 atom stereocenters. The smallest absolute Gasteiger partial charge is 0.328 e. The summed E-state index contributed by atoms with van der Waals surface area (Å²) >= 11 is 12.3. The fraction of sp³-hybridized carbons (Fsp3) is 0.211. The van der Waals surface area contributed by atoms with Crippen molar-refractivity contribution in [1.29, 1.82) is 0 Å². The fourth-order valence-electron chi connectivity index (χ4n) is 2.45. The van der Waals surface area contributed by atoms with E-state index in [-0.39, 0.29) is 17.9 Å². The lowest BCUT2D eigenvalue weighted by atomic mass is 10.0. The summed E-state index contributed by atoms with van der Waals surface area (Å²) in [5.74, 6) is -1.38. The molecule has 0 spiro atoms. The third-order valence-electron chi connectivity index (χ3n) is 3.71. The first-order valence-electron chi connectivity index (χ1n) is 8.01. The molecule has 2 aromatic rings. The van der Waals surface area contributed by atoms with Crippen LogP contribution in [-0.2, 0) is 20.7 Å². The second kappa shape index (κ2) is 9.39. The van der Waals surface area contributed by atoms with E-state index < -0.39 is 17.9 Å². The first kappa shape index (κ1) is 20.7. The number of nitrogens with one attached hydrogen (secondary N) is 2. The molecule has 0 unspecified atom stereocenters. The van der Waals surface area contributed by atoms with Gasteiger partial charge in [-0.2, -0.15) is 0 Å². The molecule has 0 aliphatic rings. The van der Waals surface area contributed by atoms with Crippen LogP contribution < -0.4 is 10.6 Å². The number of methoxy groups -OCH3 is 1. The maximum Gasteiger partial charge on any atom is 0.328 e. The molecule has 2 N–H and O–H groups in total. The number of ether oxygens (including phenoxy) is 1. The Labute approximate surface area is 166 Å². The Hall–Kier alpha value is -2.57. The van der Waals surface area contributed by atoms with Crippen LogP contribution in [0.4, 0.5) is 5.69 Å². The second-order valence-electron chi connectivity index (χ2n) is 5.72. The number of esters is 1. The van der Waals surface area contributed by atoms with Crippen molar-refractivity contribution in [2.75, 3.05) is 12.4 Å². The van der Waals surface area contributed by atoms with Gasteiger partial charge in [-0.1, -0.05) is 35.3 Å². The van der Waals surface area contributed by atoms with Crippen LogP contribution in [0.2, 0.25) is 10.0 Å². The quantitative estimate of drug-likeness (QED) is 0.716. The molecule has 142 valence electrons. The van der Waals surface area contributed by atoms with Crippen molar-refractivity contribution in [3.8, 4) is 0 Å². The van der Waals surface area contributed by atoms with Gasteiger partial charge in [0, 0.05) is 34.6 Å². The molecule has 2 rings (SSSR count). The molecule has 0 aliphatic heterocycles. The first-order chi connectivity index (χ1) is 12.8. The lowest BCUT2D eigenvalue weighted by Gasteiger charge is -2.18. The minimum absolute atomic E-state index is 0.0717. The van der Waals surface area contributed by atoms with E-state index >= 15 is 0 Å². The normalized spacial score (nSPS) is 11.4. The van der Waals surface area contributed by atoms with Gasteiger partial charge in [-0.3, -0.25) is 9.59 Å². The largest absolute Gasteiger partial charge is 0.467 e. The lowest BCUT2D eigenvalue weighted by Crippen LogP contribution is -2.43. The van der Waals surface area contributed by atoms with Gasteiger partial charge in [-0.25, -0.2) is 4.79 Å². The van der Waals surface area contributed by atoms with Crippen molar-refractivity contribution in [3.63, 3.8) is 0 Å². The standard InChI is InChI=1S/C19H18Cl2N2O4/c1-11(24)22-13-6-3-5-12(9-13)18(25)23-17(19(26)27-2)10-14-15(20)7-4-8-16(14)21/h3-9,17H,10H2,1-2H3,(H,22,24)(H,23,25)/t17-/m1/s1. The number of carbonyl (C=O) groups is 3. The SMILES string of the molecule is COC(=O)[C@@H](Cc1c(Cl)cccc1Cl)NC(=O)c1cccc(NC(C)=O)c1. The Kier molecular flexibility index (Phi) is 7.21. The Bertz CT molecular complexity index is 850. The molecule has 0 heterocycles. The number of amides is 2. The highest BCUT2D eigenvalue weighted by Gasteiger charge is 2.24. The zero-order valence-electron chi connectivity index (χ0n) is 14.7. The van der Waals surface area contributed by atoms with Crippen molar-refractivity contribution in [2.45, 2.75) is 19.4 Å². The molecule has 0 saturated carbocycles. The predicted molar refractivity (Wildman–Crippen MR) is 104 cm³/mol. The molecule has 0 fully saturated rings. The molecule has 6 nitrogen and oxygen atoms in total. The van der Waals surface area contributed by atoms with E-state index in [1.807, 2.05) is 0 Å². The molecular weight excluding hydrogens is 391 g/mol. The highest BCUT2D eigenvalue weighted by atomic mass is 35.5. The van der Waals surface area contributed by atoms with Gasteiger partial charge in [0.2, 0.25) is 5.91 Å². The summed E-state index contributed by atoms with van der Waals surface area (Å²) in [5.41, 5.74) is 1.28. The van der Waals surface area contributed by atoms with Crippen LogP contribution in [0.3, 0.4) is 0 Å². The van der Waals surface area contributed by atoms with Crippen LogP contribution >= 0.6 is 23.2 Å². The van der Waals surface area contributed by atoms with E-state index in [0.717, 1.165) is 0 Å². The third kappa shape index (κ3) is 5.70. The highest BCUT2D eigenvalue weighted by molar-refractivity contribution is 6.36. The first-order valence-corrected chi connectivity index (χ1v) is 8.76. The molecule has 0 bridgehead atoms. The van der Waals surface area contributed by atoms with Crippen molar-refractivity contribution in [3.05, 3.63) is 63.6 Å². The fourth-order valence-corrected chi connectivity index (χ4v) is 3.00. The van der Waals surface area contributed by atoms with Crippen LogP contribution in [0.15, 0.2) is 42.5 Å². The monoisotopic (exact) mass is 408 g/mol. The van der Waals surface area contributed by atoms with Crippen molar-refractivity contribution in [2.24, 2.45) is 0 Å². The molecule has 0 aliphatic carbocycles. The zero-order valence-corrected chi connectivity index (χ0v) is 16.2. The predicted octanol–water partition coefficient (Wildman–Crippen LogP) is 3.47. The summed E-state index contributed by atoms with van der Waals surface area (Å²) in [6, 6.07) is 10.4. The number of hydrogen-bond donors (Lipinski definition) is 2. The van der Waals surface area contributed by atoms with E-state index in [1.165, 1.54) is 20.1 Å². The highest BCUT2D eigenvalue weighted by Crippen LogP contribution is 2.26. The number of anilines is 1. The number of halogens is 2. The van der Waals surface area contributed by atoms with E-state index in [1.54, 1.807) is 36.4 Å². The molecule has 8 heteroatoms. The Morgan fingerprint density at radius 2 is 1.70 bits per heavy atom. The van der Waals surface area contributed by atoms with Crippen molar-refractivity contribution < 1.29 is 19.1 Å². The van der Waals surface area contributed by atoms with Crippen molar-refractivity contribution >= 4 is 46.7 Å². The van der Waals surface area contributed by atoms with E-state index in [2.05, 4.69) is 10.6 Å². The van der Waals surface area contributed by atoms with Gasteiger partial charge < -0.3 is 15.4 Å². The van der Waals surface area contributed by atoms with E-state index in [9.17, 15) is 14.4 Å². The van der Waals surface area contributed by atoms with Crippen LogP contribution in [0, 0.1) is 0 Å². The van der Waals surface area contributed by atoms with Crippen molar-refractivity contribution in [1.82, 2.24) is 5.32 Å². The van der Waals surface area contributed by atoms with Gasteiger partial charge in [-0.05, 0) is 35.9 Å². The number of hydrogen-bond acceptors (Lipinski definition) is 4. The van der Waals surface area contributed by atoms with Crippen LogP contribution in [0.1, 0.15) is 22.8 Å². The topological polar surface area (TPSA) is 84.5 Å². The van der Waals surface area contributed by atoms with Gasteiger partial charge in [-0.15, -0.1) is 0 Å². The summed E-state index contributed by atoms with van der Waals surface area (Å²) in [6.07, 6.45) is 0.0717. The Balaban J connectivity index is 2.22. The molecule has 27 heavy (non-hydrogen) atoms. The minimum atomic E-state index is -0.982. The van der Waals surface area contributed by atoms with E-state index in [4.69, 9.17) is 27.9 Å². The number of carbonyl (C=O) groups excluding carboxylic acids is 3. The summed E-state index contributed by atoms with van der Waals surface area (Å²) in [5, 5.41) is 6.00. The van der Waals surface area contributed by atoms with Gasteiger partial charge in [0.1, 0.15) is 6.04 Å². The molecule has 0 radical (unpaired) electrons. The number of benzene rings is 2. The zero-order chi connectivity index (χ0) is 20.0. The average Bonchev–Trinajstić information content (AvgIpc) is 2.62. The van der Waals surface area contributed by atoms with Gasteiger partial charge in [0.05, 0.1) is 7.11 Å². The van der Waals surface area contributed by atoms with Crippen LogP contribution in [0.5, 0.6) is 0 Å². The summed E-state index contributed by atoms with van der Waals surface area (Å²) in [7, 11) is 1.23. The van der Waals surface area contributed by atoms with Crippen LogP contribution in [-0.4, -0.2) is 30.9 Å². The minimum Gasteiger partial charge on any atom is -0.467 e. The van der Waals surface area contributed by atoms with Gasteiger partial charge in [0.25, 0.3) is 5.91 Å². The summed E-state index contributed by atoms with van der Waals surface area (Å²) < 4.78 is 4.78. The lowest BCUT2D eigenvalue weighted by molar-refractivity contribution is -0.142. The molecule has 0 saturated heterocycles. The molecule has 0 aromatic heterocycles. The second-order valence-corrected chi connectivity index (χ2v) is 6.53. The number of rotatable bonds is 6. The Morgan fingerprint density at radius 3 is 2.30 bits per heavy atom. The van der Waals surface area contributed by atoms with Crippen LogP contribution in [0.25, 0.3) is 0 Å².